The van der Waals surface area contributed by atoms with Gasteiger partial charge in [0.2, 0.25) is 5.91 Å². The summed E-state index contributed by atoms with van der Waals surface area (Å²) in [4.78, 5) is 29.1. The molecule has 2 aromatic carbocycles. The molecule has 1 fully saturated rings. The van der Waals surface area contributed by atoms with Crippen LogP contribution in [0, 0.1) is 6.92 Å². The summed E-state index contributed by atoms with van der Waals surface area (Å²) in [6.07, 6.45) is 6.08. The first-order chi connectivity index (χ1) is 15.1. The second-order valence-corrected chi connectivity index (χ2v) is 8.02. The molecule has 0 N–H and O–H groups in total. The Hall–Kier alpha value is -3.41. The lowest BCUT2D eigenvalue weighted by atomic mass is 10.1. The van der Waals surface area contributed by atoms with Gasteiger partial charge in [-0.2, -0.15) is 5.10 Å². The highest BCUT2D eigenvalue weighted by Crippen LogP contribution is 2.14. The minimum absolute atomic E-state index is 0.0133. The van der Waals surface area contributed by atoms with E-state index in [9.17, 15) is 9.59 Å². The summed E-state index contributed by atoms with van der Waals surface area (Å²) < 4.78 is 1.80. The molecular formula is C25H28N4O2. The van der Waals surface area contributed by atoms with E-state index < -0.39 is 0 Å². The van der Waals surface area contributed by atoms with Crippen molar-refractivity contribution in [2.24, 2.45) is 0 Å². The molecule has 0 radical (unpaired) electrons. The van der Waals surface area contributed by atoms with Crippen LogP contribution in [0.1, 0.15) is 34.3 Å². The van der Waals surface area contributed by atoms with E-state index in [1.807, 2.05) is 71.6 Å². The summed E-state index contributed by atoms with van der Waals surface area (Å²) in [6.45, 7) is 4.34. The van der Waals surface area contributed by atoms with Crippen LogP contribution in [0.3, 0.4) is 0 Å². The van der Waals surface area contributed by atoms with Crippen LogP contribution in [-0.4, -0.2) is 57.6 Å². The van der Waals surface area contributed by atoms with Crippen molar-refractivity contribution in [1.29, 1.82) is 0 Å². The zero-order chi connectivity index (χ0) is 21.6. The number of carbonyl (C=O) groups excluding carboxylic acids is 2. The smallest absolute Gasteiger partial charge is 0.253 e. The highest BCUT2D eigenvalue weighted by Gasteiger charge is 2.24. The number of hydrogen-bond donors (Lipinski definition) is 0. The van der Waals surface area contributed by atoms with E-state index in [0.717, 1.165) is 24.1 Å². The van der Waals surface area contributed by atoms with Crippen LogP contribution in [-0.2, 0) is 11.2 Å². The third kappa shape index (κ3) is 5.20. The summed E-state index contributed by atoms with van der Waals surface area (Å²) in [6, 6.07) is 17.8. The molecule has 1 aliphatic rings. The lowest BCUT2D eigenvalue weighted by Crippen LogP contribution is -2.50. The maximum absolute atomic E-state index is 12.9. The van der Waals surface area contributed by atoms with Gasteiger partial charge < -0.3 is 9.80 Å². The van der Waals surface area contributed by atoms with Gasteiger partial charge in [0.25, 0.3) is 5.91 Å². The minimum Gasteiger partial charge on any atom is -0.339 e. The van der Waals surface area contributed by atoms with E-state index in [-0.39, 0.29) is 11.8 Å². The van der Waals surface area contributed by atoms with Gasteiger partial charge in [-0.25, -0.2) is 4.68 Å². The quantitative estimate of drug-likeness (QED) is 0.618. The molecule has 1 aliphatic heterocycles. The second kappa shape index (κ2) is 9.60. The van der Waals surface area contributed by atoms with Crippen LogP contribution in [0.15, 0.2) is 67.0 Å². The Morgan fingerprint density at radius 3 is 2.23 bits per heavy atom. The van der Waals surface area contributed by atoms with Gasteiger partial charge in [0.15, 0.2) is 0 Å². The van der Waals surface area contributed by atoms with Crippen LogP contribution in [0.2, 0.25) is 0 Å². The fourth-order valence-electron chi connectivity index (χ4n) is 3.90. The standard InChI is InChI=1S/C25H28N4O2/c1-20-18-26-29(19-20)23-12-10-22(11-13-23)25(31)28-16-14-27(15-17-28)24(30)9-5-8-21-6-3-2-4-7-21/h2-4,6-7,10-13,18-19H,5,8-9,14-17H2,1H3. The van der Waals surface area contributed by atoms with Crippen molar-refractivity contribution in [2.45, 2.75) is 26.2 Å². The van der Waals surface area contributed by atoms with Gasteiger partial charge in [-0.05, 0) is 55.2 Å². The molecule has 0 saturated carbocycles. The molecule has 0 atom stereocenters. The van der Waals surface area contributed by atoms with Crippen molar-refractivity contribution in [3.05, 3.63) is 83.7 Å². The van der Waals surface area contributed by atoms with Gasteiger partial charge >= 0.3 is 0 Å². The van der Waals surface area contributed by atoms with Crippen LogP contribution < -0.4 is 0 Å². The van der Waals surface area contributed by atoms with Crippen molar-refractivity contribution < 1.29 is 9.59 Å². The van der Waals surface area contributed by atoms with Crippen molar-refractivity contribution in [1.82, 2.24) is 19.6 Å². The molecule has 0 spiro atoms. The Morgan fingerprint density at radius 1 is 0.903 bits per heavy atom. The molecule has 2 amide bonds. The Balaban J connectivity index is 1.25. The zero-order valence-electron chi connectivity index (χ0n) is 17.9. The molecule has 6 heteroatoms. The van der Waals surface area contributed by atoms with E-state index in [1.165, 1.54) is 5.56 Å². The van der Waals surface area contributed by atoms with Gasteiger partial charge in [0, 0.05) is 44.4 Å². The number of carbonyl (C=O) groups is 2. The maximum Gasteiger partial charge on any atom is 0.253 e. The highest BCUT2D eigenvalue weighted by atomic mass is 16.2. The van der Waals surface area contributed by atoms with E-state index in [2.05, 4.69) is 17.2 Å². The number of aryl methyl sites for hydroxylation is 2. The third-order valence-corrected chi connectivity index (χ3v) is 5.71. The molecule has 0 aliphatic carbocycles. The predicted octanol–water partition coefficient (Wildman–Crippen LogP) is 3.49. The van der Waals surface area contributed by atoms with E-state index in [0.29, 0.717) is 38.2 Å². The van der Waals surface area contributed by atoms with E-state index in [4.69, 9.17) is 0 Å². The summed E-state index contributed by atoms with van der Waals surface area (Å²) in [5.41, 5.74) is 3.94. The molecule has 4 rings (SSSR count). The second-order valence-electron chi connectivity index (χ2n) is 8.02. The first-order valence-electron chi connectivity index (χ1n) is 10.8. The number of rotatable bonds is 6. The summed E-state index contributed by atoms with van der Waals surface area (Å²) in [5, 5.41) is 4.30. The third-order valence-electron chi connectivity index (χ3n) is 5.71. The number of benzene rings is 2. The molecule has 2 heterocycles. The molecule has 1 saturated heterocycles. The van der Waals surface area contributed by atoms with Crippen LogP contribution in [0.4, 0.5) is 0 Å². The minimum atomic E-state index is 0.0133. The lowest BCUT2D eigenvalue weighted by molar-refractivity contribution is -0.132. The van der Waals surface area contributed by atoms with Crippen molar-refractivity contribution in [3.8, 4) is 5.69 Å². The number of hydrogen-bond acceptors (Lipinski definition) is 3. The van der Waals surface area contributed by atoms with Gasteiger partial charge in [0.1, 0.15) is 0 Å². The lowest BCUT2D eigenvalue weighted by Gasteiger charge is -2.35. The summed E-state index contributed by atoms with van der Waals surface area (Å²) in [5.74, 6) is 0.196. The molecule has 160 valence electrons. The monoisotopic (exact) mass is 416 g/mol. The predicted molar refractivity (Wildman–Crippen MR) is 120 cm³/mol. The topological polar surface area (TPSA) is 58.4 Å². The Labute approximate surface area is 183 Å². The number of piperazine rings is 1. The highest BCUT2D eigenvalue weighted by molar-refractivity contribution is 5.94. The Morgan fingerprint density at radius 2 is 1.58 bits per heavy atom. The van der Waals surface area contributed by atoms with Gasteiger partial charge in [-0.1, -0.05) is 30.3 Å². The Bertz CT molecular complexity index is 1020. The largest absolute Gasteiger partial charge is 0.339 e. The fraction of sp³-hybridized carbons (Fsp3) is 0.320. The maximum atomic E-state index is 12.9. The molecule has 0 unspecified atom stereocenters. The molecule has 6 nitrogen and oxygen atoms in total. The van der Waals surface area contributed by atoms with Gasteiger partial charge in [-0.3, -0.25) is 9.59 Å². The number of aromatic nitrogens is 2. The number of amides is 2. The number of nitrogens with zero attached hydrogens (tertiary/aromatic N) is 4. The van der Waals surface area contributed by atoms with Crippen molar-refractivity contribution in [3.63, 3.8) is 0 Å². The van der Waals surface area contributed by atoms with Crippen LogP contribution in [0.5, 0.6) is 0 Å². The Kier molecular flexibility index (Phi) is 6.46. The molecule has 0 bridgehead atoms. The first-order valence-corrected chi connectivity index (χ1v) is 10.8. The average molecular weight is 417 g/mol. The molecular weight excluding hydrogens is 388 g/mol. The van der Waals surface area contributed by atoms with Crippen molar-refractivity contribution >= 4 is 11.8 Å². The van der Waals surface area contributed by atoms with E-state index >= 15 is 0 Å². The van der Waals surface area contributed by atoms with Crippen LogP contribution in [0.25, 0.3) is 5.69 Å². The normalized spacial score (nSPS) is 14.0. The SMILES string of the molecule is Cc1cnn(-c2ccc(C(=O)N3CCN(C(=O)CCCc4ccccc4)CC3)cc2)c1. The zero-order valence-corrected chi connectivity index (χ0v) is 17.9. The summed E-state index contributed by atoms with van der Waals surface area (Å²) in [7, 11) is 0. The van der Waals surface area contributed by atoms with Gasteiger partial charge in [0.05, 0.1) is 11.9 Å². The van der Waals surface area contributed by atoms with Crippen LogP contribution >= 0.6 is 0 Å². The molecule has 31 heavy (non-hydrogen) atoms. The van der Waals surface area contributed by atoms with Gasteiger partial charge in [-0.15, -0.1) is 0 Å². The molecule has 1 aromatic heterocycles. The summed E-state index contributed by atoms with van der Waals surface area (Å²) >= 11 is 0. The van der Waals surface area contributed by atoms with Crippen molar-refractivity contribution in [2.75, 3.05) is 26.2 Å². The average Bonchev–Trinajstić information content (AvgIpc) is 3.26. The molecule has 3 aromatic rings. The first kappa shape index (κ1) is 20.8. The van der Waals surface area contributed by atoms with E-state index in [1.54, 1.807) is 4.68 Å². The fourth-order valence-corrected chi connectivity index (χ4v) is 3.90.